The van der Waals surface area contributed by atoms with E-state index >= 15 is 0 Å². The fourth-order valence-corrected chi connectivity index (χ4v) is 4.64. The van der Waals surface area contributed by atoms with Crippen LogP contribution in [0.15, 0.2) is 48.5 Å². The van der Waals surface area contributed by atoms with E-state index in [1.807, 2.05) is 24.3 Å². The van der Waals surface area contributed by atoms with Crippen LogP contribution in [0.3, 0.4) is 0 Å². The molecule has 0 aliphatic carbocycles. The molecule has 6 heteroatoms. The molecule has 2 atom stereocenters. The van der Waals surface area contributed by atoms with Crippen LogP contribution < -0.4 is 9.84 Å². The van der Waals surface area contributed by atoms with E-state index in [0.29, 0.717) is 17.1 Å². The monoisotopic (exact) mass is 398 g/mol. The van der Waals surface area contributed by atoms with E-state index in [1.165, 1.54) is 22.2 Å². The van der Waals surface area contributed by atoms with Gasteiger partial charge in [0, 0.05) is 11.3 Å². The standard InChI is InChI=1S/C22H25NO4S/c1-22(2,3)16-9-5-15(6-10-16)20-23(18(13-28-20)21(25)26)19(24)14-7-11-17(27-4)12-8-14/h5-12,18,20H,13H2,1-4H3,(H,25,26)/p-1/t18-,20+/m0/s1. The molecule has 0 N–H and O–H groups in total. The second kappa shape index (κ2) is 7.87. The number of benzene rings is 2. The van der Waals surface area contributed by atoms with Gasteiger partial charge in [-0.1, -0.05) is 45.0 Å². The lowest BCUT2D eigenvalue weighted by Gasteiger charge is -2.30. The minimum absolute atomic E-state index is 0.0213. The maximum atomic E-state index is 13.2. The van der Waals surface area contributed by atoms with Gasteiger partial charge in [-0.3, -0.25) is 4.79 Å². The van der Waals surface area contributed by atoms with Gasteiger partial charge < -0.3 is 19.5 Å². The first-order chi connectivity index (χ1) is 13.2. The summed E-state index contributed by atoms with van der Waals surface area (Å²) >= 11 is 1.44. The summed E-state index contributed by atoms with van der Waals surface area (Å²) in [6.07, 6.45) is 0. The highest BCUT2D eigenvalue weighted by Gasteiger charge is 2.39. The molecule has 148 valence electrons. The largest absolute Gasteiger partial charge is 0.548 e. The van der Waals surface area contributed by atoms with Gasteiger partial charge in [-0.05, 0) is 40.8 Å². The third-order valence-electron chi connectivity index (χ3n) is 4.91. The van der Waals surface area contributed by atoms with Crippen molar-refractivity contribution in [1.29, 1.82) is 0 Å². The van der Waals surface area contributed by atoms with Crippen LogP contribution in [-0.4, -0.2) is 35.7 Å². The first kappa shape index (κ1) is 20.3. The number of amides is 1. The molecule has 0 unspecified atom stereocenters. The molecule has 0 bridgehead atoms. The highest BCUT2D eigenvalue weighted by molar-refractivity contribution is 7.99. The molecule has 0 aromatic heterocycles. The summed E-state index contributed by atoms with van der Waals surface area (Å²) in [5, 5.41) is 11.3. The molecule has 1 heterocycles. The van der Waals surface area contributed by atoms with Gasteiger partial charge in [0.15, 0.2) is 0 Å². The number of aliphatic carboxylic acids is 1. The number of rotatable bonds is 4. The quantitative estimate of drug-likeness (QED) is 0.792. The topological polar surface area (TPSA) is 69.7 Å². The molecule has 0 radical (unpaired) electrons. The fraction of sp³-hybridized carbons (Fsp3) is 0.364. The lowest BCUT2D eigenvalue weighted by atomic mass is 9.86. The Kier molecular flexibility index (Phi) is 5.70. The lowest BCUT2D eigenvalue weighted by molar-refractivity contribution is -0.310. The van der Waals surface area contributed by atoms with Crippen molar-refractivity contribution >= 4 is 23.6 Å². The van der Waals surface area contributed by atoms with Crippen molar-refractivity contribution in [3.05, 3.63) is 65.2 Å². The minimum atomic E-state index is -1.23. The number of methoxy groups -OCH3 is 1. The van der Waals surface area contributed by atoms with Gasteiger partial charge in [0.2, 0.25) is 0 Å². The predicted molar refractivity (Wildman–Crippen MR) is 108 cm³/mol. The van der Waals surface area contributed by atoms with E-state index in [4.69, 9.17) is 4.74 Å². The normalized spacial score (nSPS) is 19.5. The van der Waals surface area contributed by atoms with E-state index in [0.717, 1.165) is 5.56 Å². The number of hydrogen-bond donors (Lipinski definition) is 0. The molecule has 2 aromatic rings. The molecule has 1 fully saturated rings. The van der Waals surface area contributed by atoms with Crippen molar-refractivity contribution in [2.45, 2.75) is 37.6 Å². The van der Waals surface area contributed by atoms with Crippen LogP contribution in [0.4, 0.5) is 0 Å². The van der Waals surface area contributed by atoms with Crippen molar-refractivity contribution in [3.8, 4) is 5.75 Å². The van der Waals surface area contributed by atoms with Crippen LogP contribution in [0.1, 0.15) is 47.6 Å². The number of hydrogen-bond acceptors (Lipinski definition) is 5. The van der Waals surface area contributed by atoms with Crippen LogP contribution in [0.2, 0.25) is 0 Å². The van der Waals surface area contributed by atoms with Gasteiger partial charge in [0.1, 0.15) is 11.1 Å². The summed E-state index contributed by atoms with van der Waals surface area (Å²) in [5.41, 5.74) is 2.53. The second-order valence-corrected chi connectivity index (χ2v) is 8.95. The molecular formula is C22H24NO4S-. The smallest absolute Gasteiger partial charge is 0.255 e. The maximum absolute atomic E-state index is 13.2. The Balaban J connectivity index is 1.93. The van der Waals surface area contributed by atoms with Crippen LogP contribution >= 0.6 is 11.8 Å². The zero-order chi connectivity index (χ0) is 20.5. The van der Waals surface area contributed by atoms with E-state index in [-0.39, 0.29) is 16.7 Å². The summed E-state index contributed by atoms with van der Waals surface area (Å²) < 4.78 is 5.13. The SMILES string of the molecule is COc1ccc(C(=O)N2[C@@H](c3ccc(C(C)(C)C)cc3)SC[C@H]2C(=O)[O-])cc1. The molecule has 1 amide bonds. The number of ether oxygens (including phenoxy) is 1. The van der Waals surface area contributed by atoms with E-state index in [2.05, 4.69) is 20.8 Å². The number of carboxylic acid groups (broad SMARTS) is 1. The predicted octanol–water partition coefficient (Wildman–Crippen LogP) is 3.00. The number of carboxylic acids is 1. The highest BCUT2D eigenvalue weighted by atomic mass is 32.2. The van der Waals surface area contributed by atoms with Gasteiger partial charge >= 0.3 is 0 Å². The van der Waals surface area contributed by atoms with Crippen LogP contribution in [0.5, 0.6) is 5.75 Å². The summed E-state index contributed by atoms with van der Waals surface area (Å²) in [5.74, 6) is -0.622. The van der Waals surface area contributed by atoms with E-state index in [1.54, 1.807) is 31.4 Å². The van der Waals surface area contributed by atoms with Crippen molar-refractivity contribution in [1.82, 2.24) is 4.90 Å². The number of nitrogens with zero attached hydrogens (tertiary/aromatic N) is 1. The average Bonchev–Trinajstić information content (AvgIpc) is 3.12. The Hall–Kier alpha value is -2.47. The molecule has 1 aliphatic rings. The molecule has 5 nitrogen and oxygen atoms in total. The van der Waals surface area contributed by atoms with Gasteiger partial charge in [-0.25, -0.2) is 0 Å². The Morgan fingerprint density at radius 3 is 2.18 bits per heavy atom. The Morgan fingerprint density at radius 1 is 1.07 bits per heavy atom. The molecule has 0 spiro atoms. The molecule has 3 rings (SSSR count). The summed E-state index contributed by atoms with van der Waals surface area (Å²) in [6, 6.07) is 13.7. The summed E-state index contributed by atoms with van der Waals surface area (Å²) in [4.78, 5) is 26.2. The molecule has 1 aliphatic heterocycles. The van der Waals surface area contributed by atoms with Crippen LogP contribution in [0, 0.1) is 0 Å². The fourth-order valence-electron chi connectivity index (χ4n) is 3.22. The third-order valence-corrected chi connectivity index (χ3v) is 6.23. The van der Waals surface area contributed by atoms with Gasteiger partial charge in [-0.2, -0.15) is 0 Å². The Labute approximate surface area is 169 Å². The van der Waals surface area contributed by atoms with E-state index < -0.39 is 12.0 Å². The first-order valence-electron chi connectivity index (χ1n) is 9.12. The van der Waals surface area contributed by atoms with Crippen molar-refractivity contribution < 1.29 is 19.4 Å². The van der Waals surface area contributed by atoms with Gasteiger partial charge in [-0.15, -0.1) is 11.8 Å². The molecular weight excluding hydrogens is 374 g/mol. The third kappa shape index (κ3) is 4.02. The molecule has 0 saturated carbocycles. The number of carbonyl (C=O) groups is 2. The number of carbonyl (C=O) groups excluding carboxylic acids is 2. The Bertz CT molecular complexity index is 856. The summed E-state index contributed by atoms with van der Waals surface area (Å²) in [7, 11) is 1.55. The van der Waals surface area contributed by atoms with Crippen molar-refractivity contribution in [3.63, 3.8) is 0 Å². The minimum Gasteiger partial charge on any atom is -0.548 e. The maximum Gasteiger partial charge on any atom is 0.255 e. The molecule has 1 saturated heterocycles. The summed E-state index contributed by atoms with van der Waals surface area (Å²) in [6.45, 7) is 6.41. The van der Waals surface area contributed by atoms with Crippen LogP contribution in [0.25, 0.3) is 0 Å². The van der Waals surface area contributed by atoms with Crippen molar-refractivity contribution in [2.24, 2.45) is 0 Å². The molecule has 28 heavy (non-hydrogen) atoms. The van der Waals surface area contributed by atoms with Gasteiger partial charge in [0.25, 0.3) is 5.91 Å². The van der Waals surface area contributed by atoms with Crippen LogP contribution in [-0.2, 0) is 10.2 Å². The molecule has 2 aromatic carbocycles. The first-order valence-corrected chi connectivity index (χ1v) is 10.2. The second-order valence-electron chi connectivity index (χ2n) is 7.83. The lowest BCUT2D eigenvalue weighted by Crippen LogP contribution is -2.49. The zero-order valence-electron chi connectivity index (χ0n) is 16.5. The Morgan fingerprint density at radius 2 is 1.68 bits per heavy atom. The highest BCUT2D eigenvalue weighted by Crippen LogP contribution is 2.42. The van der Waals surface area contributed by atoms with Crippen molar-refractivity contribution in [2.75, 3.05) is 12.9 Å². The average molecular weight is 399 g/mol. The zero-order valence-corrected chi connectivity index (χ0v) is 17.3. The number of thioether (sulfide) groups is 1. The van der Waals surface area contributed by atoms with E-state index in [9.17, 15) is 14.7 Å². The van der Waals surface area contributed by atoms with Gasteiger partial charge in [0.05, 0.1) is 19.1 Å².